The number of hydrogen-bond donors (Lipinski definition) is 1. The van der Waals surface area contributed by atoms with Gasteiger partial charge in [-0.05, 0) is 37.1 Å². The van der Waals surface area contributed by atoms with Crippen molar-refractivity contribution in [2.75, 3.05) is 6.54 Å². The van der Waals surface area contributed by atoms with E-state index in [0.29, 0.717) is 23.7 Å². The number of rotatable bonds is 6. The maximum Gasteiger partial charge on any atom is 0.277 e. The molecule has 30 heavy (non-hydrogen) atoms. The SMILES string of the molecule is O=C(CCn1nnc2ccccc2c1=O)NCC1(c2c(F)cccc2F)CCCC1. The van der Waals surface area contributed by atoms with Gasteiger partial charge in [-0.1, -0.05) is 36.3 Å². The Morgan fingerprint density at radius 2 is 1.77 bits per heavy atom. The minimum absolute atomic E-state index is 0.0166. The van der Waals surface area contributed by atoms with Gasteiger partial charge in [-0.2, -0.15) is 0 Å². The van der Waals surface area contributed by atoms with Gasteiger partial charge in [0, 0.05) is 23.9 Å². The van der Waals surface area contributed by atoms with Crippen LogP contribution in [0.4, 0.5) is 8.78 Å². The van der Waals surface area contributed by atoms with Gasteiger partial charge >= 0.3 is 0 Å². The lowest BCUT2D eigenvalue weighted by Crippen LogP contribution is -2.40. The van der Waals surface area contributed by atoms with Crippen LogP contribution < -0.4 is 10.9 Å². The molecule has 0 bridgehead atoms. The number of hydrogen-bond acceptors (Lipinski definition) is 4. The summed E-state index contributed by atoms with van der Waals surface area (Å²) in [6, 6.07) is 10.7. The van der Waals surface area contributed by atoms with Gasteiger partial charge in [-0.15, -0.1) is 5.10 Å². The zero-order valence-corrected chi connectivity index (χ0v) is 16.4. The van der Waals surface area contributed by atoms with E-state index in [2.05, 4.69) is 15.6 Å². The molecule has 2 aromatic carbocycles. The number of nitrogens with zero attached hydrogens (tertiary/aromatic N) is 3. The molecule has 0 saturated heterocycles. The van der Waals surface area contributed by atoms with Crippen LogP contribution in [0.2, 0.25) is 0 Å². The van der Waals surface area contributed by atoms with Crippen LogP contribution in [-0.2, 0) is 16.8 Å². The lowest BCUT2D eigenvalue weighted by molar-refractivity contribution is -0.121. The predicted octanol–water partition coefficient (Wildman–Crippen LogP) is 3.09. The Bertz CT molecular complexity index is 1120. The second kappa shape index (κ2) is 8.30. The summed E-state index contributed by atoms with van der Waals surface area (Å²) in [7, 11) is 0. The molecule has 8 heteroatoms. The van der Waals surface area contributed by atoms with E-state index in [-0.39, 0.29) is 36.5 Å². The highest BCUT2D eigenvalue weighted by Gasteiger charge is 2.40. The average molecular weight is 412 g/mol. The Morgan fingerprint density at radius 1 is 1.07 bits per heavy atom. The van der Waals surface area contributed by atoms with Crippen LogP contribution in [-0.4, -0.2) is 27.4 Å². The van der Waals surface area contributed by atoms with Gasteiger partial charge < -0.3 is 5.32 Å². The van der Waals surface area contributed by atoms with E-state index < -0.39 is 17.0 Å². The van der Waals surface area contributed by atoms with Crippen molar-refractivity contribution >= 4 is 16.8 Å². The molecule has 1 aliphatic rings. The van der Waals surface area contributed by atoms with Crippen LogP contribution in [0.1, 0.15) is 37.7 Å². The Labute approximate surface area is 171 Å². The smallest absolute Gasteiger partial charge is 0.277 e. The number of carbonyl (C=O) groups excluding carboxylic acids is 1. The minimum atomic E-state index is -0.745. The zero-order chi connectivity index (χ0) is 21.1. The standard InChI is InChI=1S/C22H22F2N4O2/c23-16-7-5-8-17(24)20(16)22(11-3-4-12-22)14-25-19(29)10-13-28-21(30)15-6-1-2-9-18(15)26-27-28/h1-2,5-9H,3-4,10-14H2,(H,25,29). The largest absolute Gasteiger partial charge is 0.355 e. The molecule has 1 amide bonds. The first kappa shape index (κ1) is 20.1. The molecule has 1 aliphatic carbocycles. The van der Waals surface area contributed by atoms with Crippen molar-refractivity contribution in [1.29, 1.82) is 0 Å². The van der Waals surface area contributed by atoms with E-state index in [9.17, 15) is 18.4 Å². The first-order valence-electron chi connectivity index (χ1n) is 10.0. The maximum absolute atomic E-state index is 14.4. The maximum atomic E-state index is 14.4. The summed E-state index contributed by atoms with van der Waals surface area (Å²) >= 11 is 0. The normalized spacial score (nSPS) is 15.4. The van der Waals surface area contributed by atoms with Crippen molar-refractivity contribution < 1.29 is 13.6 Å². The van der Waals surface area contributed by atoms with Gasteiger partial charge in [-0.3, -0.25) is 9.59 Å². The highest BCUT2D eigenvalue weighted by molar-refractivity contribution is 5.77. The van der Waals surface area contributed by atoms with Crippen molar-refractivity contribution in [1.82, 2.24) is 20.3 Å². The zero-order valence-electron chi connectivity index (χ0n) is 16.4. The summed E-state index contributed by atoms with van der Waals surface area (Å²) in [5.41, 5.74) is -0.503. The van der Waals surface area contributed by atoms with Crippen LogP contribution >= 0.6 is 0 Å². The molecule has 1 heterocycles. The third-order valence-electron chi connectivity index (χ3n) is 5.86. The molecule has 0 spiro atoms. The summed E-state index contributed by atoms with van der Waals surface area (Å²) < 4.78 is 30.0. The van der Waals surface area contributed by atoms with E-state index in [1.54, 1.807) is 24.3 Å². The summed E-state index contributed by atoms with van der Waals surface area (Å²) in [4.78, 5) is 24.9. The highest BCUT2D eigenvalue weighted by Crippen LogP contribution is 2.42. The van der Waals surface area contributed by atoms with Crippen molar-refractivity contribution in [3.05, 3.63) is 70.0 Å². The van der Waals surface area contributed by atoms with Gasteiger partial charge in [-0.25, -0.2) is 13.5 Å². The topological polar surface area (TPSA) is 76.9 Å². The second-order valence-electron chi connectivity index (χ2n) is 7.75. The molecule has 1 fully saturated rings. The summed E-state index contributed by atoms with van der Waals surface area (Å²) in [5.74, 6) is -1.46. The summed E-state index contributed by atoms with van der Waals surface area (Å²) in [6.45, 7) is 0.228. The fourth-order valence-electron chi connectivity index (χ4n) is 4.30. The molecule has 1 aromatic heterocycles. The first-order chi connectivity index (χ1) is 14.5. The van der Waals surface area contributed by atoms with E-state index in [4.69, 9.17) is 0 Å². The van der Waals surface area contributed by atoms with Crippen LogP contribution in [0.5, 0.6) is 0 Å². The summed E-state index contributed by atoms with van der Waals surface area (Å²) in [6.07, 6.45) is 2.95. The number of benzene rings is 2. The van der Waals surface area contributed by atoms with Crippen LogP contribution in [0.3, 0.4) is 0 Å². The predicted molar refractivity (Wildman–Crippen MR) is 108 cm³/mol. The third kappa shape index (κ3) is 3.81. The Kier molecular flexibility index (Phi) is 5.57. The molecule has 0 unspecified atom stereocenters. The van der Waals surface area contributed by atoms with Gasteiger partial charge in [0.1, 0.15) is 17.2 Å². The number of carbonyl (C=O) groups is 1. The lowest BCUT2D eigenvalue weighted by Gasteiger charge is -2.30. The monoisotopic (exact) mass is 412 g/mol. The molecule has 4 rings (SSSR count). The Balaban J connectivity index is 1.44. The Morgan fingerprint density at radius 3 is 2.50 bits per heavy atom. The van der Waals surface area contributed by atoms with Crippen LogP contribution in [0.25, 0.3) is 10.9 Å². The number of aromatic nitrogens is 3. The van der Waals surface area contributed by atoms with E-state index in [0.717, 1.165) is 17.5 Å². The molecule has 0 radical (unpaired) electrons. The third-order valence-corrected chi connectivity index (χ3v) is 5.86. The Hall–Kier alpha value is -3.16. The molecule has 1 saturated carbocycles. The van der Waals surface area contributed by atoms with E-state index in [1.165, 1.54) is 18.2 Å². The van der Waals surface area contributed by atoms with Gasteiger partial charge in [0.2, 0.25) is 5.91 Å². The number of amides is 1. The quantitative estimate of drug-likeness (QED) is 0.675. The molecule has 0 atom stereocenters. The number of halogens is 2. The van der Waals surface area contributed by atoms with Crippen LogP contribution in [0, 0.1) is 11.6 Å². The van der Waals surface area contributed by atoms with Gasteiger partial charge in [0.25, 0.3) is 5.56 Å². The number of fused-ring (bicyclic) bond motifs is 1. The first-order valence-corrected chi connectivity index (χ1v) is 10.0. The fourth-order valence-corrected chi connectivity index (χ4v) is 4.30. The molecule has 6 nitrogen and oxygen atoms in total. The average Bonchev–Trinajstić information content (AvgIpc) is 3.21. The van der Waals surface area contributed by atoms with Gasteiger partial charge in [0.15, 0.2) is 0 Å². The minimum Gasteiger partial charge on any atom is -0.355 e. The molecule has 1 N–H and O–H groups in total. The van der Waals surface area contributed by atoms with E-state index in [1.807, 2.05) is 0 Å². The highest BCUT2D eigenvalue weighted by atomic mass is 19.1. The second-order valence-corrected chi connectivity index (χ2v) is 7.75. The van der Waals surface area contributed by atoms with Crippen molar-refractivity contribution in [3.63, 3.8) is 0 Å². The molecular weight excluding hydrogens is 390 g/mol. The molecule has 3 aromatic rings. The van der Waals surface area contributed by atoms with Crippen molar-refractivity contribution in [2.24, 2.45) is 0 Å². The van der Waals surface area contributed by atoms with Crippen molar-refractivity contribution in [3.8, 4) is 0 Å². The van der Waals surface area contributed by atoms with E-state index >= 15 is 0 Å². The summed E-state index contributed by atoms with van der Waals surface area (Å²) in [5, 5.41) is 11.1. The number of aryl methyl sites for hydroxylation is 1. The van der Waals surface area contributed by atoms with Gasteiger partial charge in [0.05, 0.1) is 11.9 Å². The molecule has 156 valence electrons. The number of nitrogens with one attached hydrogen (secondary N) is 1. The fraction of sp³-hybridized carbons (Fsp3) is 0.364. The lowest BCUT2D eigenvalue weighted by atomic mass is 9.78. The van der Waals surface area contributed by atoms with Crippen molar-refractivity contribution in [2.45, 2.75) is 44.1 Å². The van der Waals surface area contributed by atoms with Crippen LogP contribution in [0.15, 0.2) is 47.3 Å². The molecular formula is C22H22F2N4O2. The molecule has 0 aliphatic heterocycles.